The van der Waals surface area contributed by atoms with Crippen LogP contribution in [0, 0.1) is 23.7 Å². The molecule has 17 nitrogen and oxygen atoms in total. The molecule has 0 rings (SSSR count). The largest absolute Gasteiger partial charge is 0.472 e. The number of hydrogen-bond donors (Lipinski definition) is 3. The average molecular weight is 1510 g/mol. The number of ether oxygens (including phenoxy) is 4. The molecule has 103 heavy (non-hydrogen) atoms. The first-order valence-corrected chi connectivity index (χ1v) is 46.2. The second-order valence-corrected chi connectivity index (χ2v) is 35.0. The van der Waals surface area contributed by atoms with Crippen LogP contribution in [-0.4, -0.2) is 96.7 Å². The Bertz CT molecular complexity index is 2010. The highest BCUT2D eigenvalue weighted by atomic mass is 31.2. The zero-order chi connectivity index (χ0) is 76.0. The number of carbonyl (C=O) groups is 4. The number of rotatable bonds is 81. The van der Waals surface area contributed by atoms with E-state index in [1.807, 2.05) is 0 Å². The van der Waals surface area contributed by atoms with Crippen molar-refractivity contribution in [3.8, 4) is 0 Å². The zero-order valence-corrected chi connectivity index (χ0v) is 69.7. The number of aliphatic hydroxyl groups is 1. The lowest BCUT2D eigenvalue weighted by molar-refractivity contribution is -0.161. The number of phosphoric acid groups is 2. The van der Waals surface area contributed by atoms with Gasteiger partial charge in [-0.1, -0.05) is 383 Å². The van der Waals surface area contributed by atoms with Gasteiger partial charge in [0.2, 0.25) is 0 Å². The molecule has 0 aromatic rings. The maximum absolute atomic E-state index is 13.1. The average Bonchev–Trinajstić information content (AvgIpc) is 0.924. The molecule has 0 aliphatic carbocycles. The van der Waals surface area contributed by atoms with Crippen LogP contribution in [0.4, 0.5) is 0 Å². The number of carbonyl (C=O) groups excluding carboxylic acids is 4. The molecule has 612 valence electrons. The molecule has 19 heteroatoms. The molecule has 0 aliphatic rings. The molecule has 5 atom stereocenters. The van der Waals surface area contributed by atoms with E-state index in [1.54, 1.807) is 0 Å². The van der Waals surface area contributed by atoms with Crippen molar-refractivity contribution < 1.29 is 80.2 Å². The molecule has 0 aromatic heterocycles. The van der Waals surface area contributed by atoms with Crippen LogP contribution in [0.2, 0.25) is 0 Å². The number of phosphoric ester groups is 2. The summed E-state index contributed by atoms with van der Waals surface area (Å²) in [4.78, 5) is 73.1. The monoisotopic (exact) mass is 1510 g/mol. The van der Waals surface area contributed by atoms with E-state index >= 15 is 0 Å². The zero-order valence-electron chi connectivity index (χ0n) is 68.0. The van der Waals surface area contributed by atoms with Crippen LogP contribution in [-0.2, 0) is 65.4 Å². The normalized spacial score (nSPS) is 14.0. The van der Waals surface area contributed by atoms with E-state index in [9.17, 15) is 43.2 Å². The summed E-state index contributed by atoms with van der Waals surface area (Å²) in [5, 5.41) is 10.7. The number of esters is 4. The Balaban J connectivity index is 5.24. The maximum atomic E-state index is 13.1. The van der Waals surface area contributed by atoms with Gasteiger partial charge in [0.25, 0.3) is 0 Å². The molecular formula is C84H164O17P2. The van der Waals surface area contributed by atoms with Crippen molar-refractivity contribution in [3.05, 3.63) is 0 Å². The first-order chi connectivity index (χ1) is 49.6. The molecule has 0 aromatic carbocycles. The number of aliphatic hydroxyl groups excluding tert-OH is 1. The molecule has 0 amide bonds. The molecule has 0 radical (unpaired) electrons. The third kappa shape index (κ3) is 78.0. The smallest absolute Gasteiger partial charge is 0.462 e. The Hall–Kier alpha value is -1.94. The predicted molar refractivity (Wildman–Crippen MR) is 423 cm³/mol. The van der Waals surface area contributed by atoms with E-state index in [4.69, 9.17) is 37.0 Å². The Kier molecular flexibility index (Phi) is 71.5. The summed E-state index contributed by atoms with van der Waals surface area (Å²) in [5.74, 6) is 1.01. The minimum absolute atomic E-state index is 0.105. The first kappa shape index (κ1) is 101. The van der Waals surface area contributed by atoms with Crippen molar-refractivity contribution in [2.75, 3.05) is 39.6 Å². The van der Waals surface area contributed by atoms with E-state index in [0.29, 0.717) is 25.7 Å². The minimum atomic E-state index is -4.97. The lowest BCUT2D eigenvalue weighted by Gasteiger charge is -2.21. The molecule has 0 aliphatic heterocycles. The number of unbranched alkanes of at least 4 members (excludes halogenated alkanes) is 47. The van der Waals surface area contributed by atoms with Gasteiger partial charge >= 0.3 is 39.5 Å². The number of hydrogen-bond acceptors (Lipinski definition) is 15. The summed E-state index contributed by atoms with van der Waals surface area (Å²) < 4.78 is 68.8. The molecule has 0 spiro atoms. The van der Waals surface area contributed by atoms with Crippen LogP contribution in [0.15, 0.2) is 0 Å². The highest BCUT2D eigenvalue weighted by Crippen LogP contribution is 2.45. The van der Waals surface area contributed by atoms with Crippen molar-refractivity contribution in [3.63, 3.8) is 0 Å². The highest BCUT2D eigenvalue weighted by Gasteiger charge is 2.30. The lowest BCUT2D eigenvalue weighted by Crippen LogP contribution is -2.30. The Labute approximate surface area is 632 Å². The highest BCUT2D eigenvalue weighted by molar-refractivity contribution is 7.47. The van der Waals surface area contributed by atoms with Gasteiger partial charge in [0.15, 0.2) is 12.2 Å². The maximum Gasteiger partial charge on any atom is 0.472 e. The molecular weight excluding hydrogens is 1340 g/mol. The summed E-state index contributed by atoms with van der Waals surface area (Å²) in [5.41, 5.74) is 0. The van der Waals surface area contributed by atoms with Gasteiger partial charge in [-0.15, -0.1) is 0 Å². The van der Waals surface area contributed by atoms with Crippen LogP contribution >= 0.6 is 15.6 Å². The van der Waals surface area contributed by atoms with E-state index in [2.05, 4.69) is 55.4 Å². The van der Waals surface area contributed by atoms with Gasteiger partial charge in [-0.3, -0.25) is 37.3 Å². The van der Waals surface area contributed by atoms with Crippen LogP contribution in [0.5, 0.6) is 0 Å². The topological polar surface area (TPSA) is 237 Å². The fourth-order valence-electron chi connectivity index (χ4n) is 13.0. The molecule has 0 saturated heterocycles. The lowest BCUT2D eigenvalue weighted by atomic mass is 10.0. The Morgan fingerprint density at radius 2 is 0.408 bits per heavy atom. The summed E-state index contributed by atoms with van der Waals surface area (Å²) in [6, 6.07) is 0. The van der Waals surface area contributed by atoms with E-state index < -0.39 is 97.5 Å². The van der Waals surface area contributed by atoms with E-state index in [-0.39, 0.29) is 25.7 Å². The van der Waals surface area contributed by atoms with Crippen LogP contribution < -0.4 is 0 Å². The van der Waals surface area contributed by atoms with Gasteiger partial charge < -0.3 is 33.8 Å². The van der Waals surface area contributed by atoms with Gasteiger partial charge in [0.05, 0.1) is 26.4 Å². The summed E-state index contributed by atoms with van der Waals surface area (Å²) in [6.45, 7) is 14.3. The second kappa shape index (κ2) is 72.9. The Morgan fingerprint density at radius 1 is 0.243 bits per heavy atom. The van der Waals surface area contributed by atoms with Crippen molar-refractivity contribution in [1.82, 2.24) is 0 Å². The van der Waals surface area contributed by atoms with Gasteiger partial charge in [0, 0.05) is 25.7 Å². The molecule has 0 bridgehead atoms. The SMILES string of the molecule is CC(C)CCCCCCCCCCCCCCCCCCCCC(=O)O[C@H](COC(=O)CCCCCCCCCCCCCCCCC(C)C)COP(=O)(O)OC[C@@H](O)COP(=O)(O)OC[C@@H](COC(=O)CCCCCCCCCCCC(C)C)OC(=O)CCCCCCCCCCCCC(C)C. The molecule has 2 unspecified atom stereocenters. The summed E-state index contributed by atoms with van der Waals surface area (Å²) in [6.07, 6.45) is 61.1. The van der Waals surface area contributed by atoms with Crippen LogP contribution in [0.25, 0.3) is 0 Å². The first-order valence-electron chi connectivity index (χ1n) is 43.2. The van der Waals surface area contributed by atoms with Crippen LogP contribution in [0.1, 0.15) is 434 Å². The molecule has 0 fully saturated rings. The fourth-order valence-corrected chi connectivity index (χ4v) is 14.5. The molecule has 0 saturated carbocycles. The van der Waals surface area contributed by atoms with Crippen molar-refractivity contribution in [1.29, 1.82) is 0 Å². The minimum Gasteiger partial charge on any atom is -0.462 e. The molecule has 0 heterocycles. The Morgan fingerprint density at radius 3 is 0.602 bits per heavy atom. The summed E-state index contributed by atoms with van der Waals surface area (Å²) >= 11 is 0. The third-order valence-electron chi connectivity index (χ3n) is 19.6. The predicted octanol–water partition coefficient (Wildman–Crippen LogP) is 25.2. The van der Waals surface area contributed by atoms with E-state index in [0.717, 1.165) is 114 Å². The van der Waals surface area contributed by atoms with Gasteiger partial charge in [0.1, 0.15) is 19.3 Å². The quantitative estimate of drug-likeness (QED) is 0.0222. The van der Waals surface area contributed by atoms with Gasteiger partial charge in [-0.25, -0.2) is 9.13 Å². The van der Waals surface area contributed by atoms with Crippen LogP contribution in [0.3, 0.4) is 0 Å². The van der Waals surface area contributed by atoms with E-state index in [1.165, 1.54) is 238 Å². The third-order valence-corrected chi connectivity index (χ3v) is 21.5. The summed E-state index contributed by atoms with van der Waals surface area (Å²) in [7, 11) is -9.93. The van der Waals surface area contributed by atoms with Crippen molar-refractivity contribution in [2.45, 2.75) is 453 Å². The van der Waals surface area contributed by atoms with Crippen molar-refractivity contribution in [2.24, 2.45) is 23.7 Å². The molecule has 3 N–H and O–H groups in total. The van der Waals surface area contributed by atoms with Crippen molar-refractivity contribution >= 4 is 39.5 Å². The second-order valence-electron chi connectivity index (χ2n) is 32.1. The fraction of sp³-hybridized carbons (Fsp3) is 0.952. The standard InChI is InChI=1S/C84H164O17P2/c1-74(2)60-52-44-36-28-21-17-13-11-9-10-12-14-20-24-33-42-50-58-66-83(88)100-79(70-94-81(86)64-56-48-40-32-23-19-16-15-18-22-29-37-45-53-61-75(3)4)72-98-102(90,91)96-68-78(85)69-97-103(92,93)99-73-80(71-95-82(87)65-57-49-41-35-27-31-39-47-55-63-77(7)8)101-84(89)67-59-51-43-34-26-25-30-38-46-54-62-76(5)6/h74-80,85H,9-73H2,1-8H3,(H,90,91)(H,92,93)/t78-,79-,80-/m1/s1. The van der Waals surface area contributed by atoms with Gasteiger partial charge in [-0.2, -0.15) is 0 Å². The van der Waals surface area contributed by atoms with Gasteiger partial charge in [-0.05, 0) is 49.4 Å².